The predicted molar refractivity (Wildman–Crippen MR) is 129 cm³/mol. The molecule has 0 radical (unpaired) electrons. The number of hydrogen-bond acceptors (Lipinski definition) is 7. The van der Waals surface area contributed by atoms with Gasteiger partial charge >= 0.3 is 29.6 Å². The number of carbonyl (C=O) groups is 1. The van der Waals surface area contributed by atoms with Crippen LogP contribution in [0.15, 0.2) is 0 Å². The fourth-order valence-electron chi connectivity index (χ4n) is 3.31. The quantitative estimate of drug-likeness (QED) is 0.114. The van der Waals surface area contributed by atoms with Gasteiger partial charge in [-0.2, -0.15) is 0 Å². The maximum Gasteiger partial charge on any atom is 1.00 e. The normalized spacial score (nSPS) is 11.0. The Balaban J connectivity index is 0. The van der Waals surface area contributed by atoms with Gasteiger partial charge in [0, 0.05) is 59.5 Å². The molecule has 0 N–H and O–H groups in total. The molecule has 0 aromatic rings. The van der Waals surface area contributed by atoms with Gasteiger partial charge in [-0.3, -0.25) is 0 Å². The van der Waals surface area contributed by atoms with Crippen LogP contribution in [0.4, 0.5) is 0 Å². The number of carbonyl (C=O) groups excluding carboxylic acids is 1. The fraction of sp³-hybridized carbons (Fsp3) is 0.962. The number of aliphatic carboxylic acids is 1. The molecule has 0 saturated carbocycles. The third kappa shape index (κ3) is 34.4. The van der Waals surface area contributed by atoms with Crippen molar-refractivity contribution in [1.29, 1.82) is 0 Å². The second kappa shape index (κ2) is 33.3. The molecule has 0 bridgehead atoms. The molecule has 0 aromatic heterocycles. The van der Waals surface area contributed by atoms with Crippen LogP contribution in [0.25, 0.3) is 0 Å². The van der Waals surface area contributed by atoms with E-state index in [1.165, 1.54) is 64.2 Å². The Labute approximate surface area is 231 Å². The minimum atomic E-state index is -1.19. The first-order valence-corrected chi connectivity index (χ1v) is 13.4. The molecule has 0 fully saturated rings. The molecule has 0 atom stereocenters. The van der Waals surface area contributed by atoms with Crippen LogP contribution in [-0.2, 0) is 28.5 Å². The molecule has 0 aliphatic heterocycles. The largest absolute Gasteiger partial charge is 1.00 e. The van der Waals surface area contributed by atoms with E-state index < -0.39 is 5.97 Å². The van der Waals surface area contributed by atoms with Crippen molar-refractivity contribution in [3.8, 4) is 0 Å². The van der Waals surface area contributed by atoms with Gasteiger partial charge in [0.25, 0.3) is 0 Å². The molecule has 0 rings (SSSR count). The minimum absolute atomic E-state index is 0. The van der Waals surface area contributed by atoms with Crippen LogP contribution in [0, 0.1) is 0 Å². The van der Waals surface area contributed by atoms with Gasteiger partial charge in [0.2, 0.25) is 0 Å². The van der Waals surface area contributed by atoms with Crippen LogP contribution in [0.2, 0.25) is 0 Å². The molecule has 0 aromatic carbocycles. The number of unbranched alkanes of at least 4 members (excludes halogenated alkanes) is 9. The first kappa shape index (κ1) is 36.4. The Bertz CT molecular complexity index is 386. The summed E-state index contributed by atoms with van der Waals surface area (Å²) in [4.78, 5) is 10.2. The number of carboxylic acids is 1. The van der Waals surface area contributed by atoms with Gasteiger partial charge in [0.05, 0.1) is 12.6 Å². The van der Waals surface area contributed by atoms with Gasteiger partial charge in [0.1, 0.15) is 0 Å². The van der Waals surface area contributed by atoms with Crippen LogP contribution in [0.1, 0.15) is 96.8 Å². The molecule has 0 unspecified atom stereocenters. The summed E-state index contributed by atoms with van der Waals surface area (Å²) in [6.07, 6.45) is 16.9. The van der Waals surface area contributed by atoms with Crippen molar-refractivity contribution in [2.45, 2.75) is 96.8 Å². The van der Waals surface area contributed by atoms with Gasteiger partial charge in [-0.1, -0.05) is 64.7 Å². The number of ether oxygens (including phenoxy) is 5. The summed E-state index contributed by atoms with van der Waals surface area (Å²) in [5.74, 6) is -1.19. The second-order valence-corrected chi connectivity index (χ2v) is 8.47. The second-order valence-electron chi connectivity index (χ2n) is 8.47. The van der Waals surface area contributed by atoms with Crippen molar-refractivity contribution in [2.24, 2.45) is 0 Å². The first-order valence-electron chi connectivity index (χ1n) is 13.4. The van der Waals surface area contributed by atoms with Crippen LogP contribution in [0.3, 0.4) is 0 Å². The van der Waals surface area contributed by atoms with Crippen molar-refractivity contribution >= 4 is 5.97 Å². The Morgan fingerprint density at radius 1 is 0.471 bits per heavy atom. The van der Waals surface area contributed by atoms with Crippen molar-refractivity contribution in [3.05, 3.63) is 0 Å². The number of rotatable bonds is 29. The summed E-state index contributed by atoms with van der Waals surface area (Å²) in [5, 5.41) is 10.2. The molecule has 198 valence electrons. The smallest absolute Gasteiger partial charge is 0.548 e. The molecule has 7 nitrogen and oxygen atoms in total. The summed E-state index contributed by atoms with van der Waals surface area (Å²) < 4.78 is 27.1. The first-order chi connectivity index (χ1) is 16.3. The predicted octanol–water partition coefficient (Wildman–Crippen LogP) is 1.30. The number of carboxylic acid groups (broad SMARTS) is 1. The Kier molecular flexibility index (Phi) is 35.6. The Hall–Kier alpha value is 0.270. The van der Waals surface area contributed by atoms with Gasteiger partial charge in [0.15, 0.2) is 0 Å². The summed E-state index contributed by atoms with van der Waals surface area (Å²) in [6.45, 7) is 7.99. The molecule has 0 saturated heterocycles. The molecule has 0 aliphatic rings. The average molecular weight is 499 g/mol. The molecule has 0 amide bonds. The van der Waals surface area contributed by atoms with E-state index in [2.05, 4.69) is 6.92 Å². The molecular weight excluding hydrogens is 447 g/mol. The van der Waals surface area contributed by atoms with Crippen LogP contribution >= 0.6 is 0 Å². The minimum Gasteiger partial charge on any atom is -0.548 e. The standard InChI is InChI=1S/C26H52O7.Na/c1-2-3-4-5-6-7-8-9-10-11-16-29-17-12-18-30-19-13-20-31-21-14-22-32-23-15-24-33-25-26(27)28;/h2-25H2,1H3,(H,27,28);/q;+1/p-1. The van der Waals surface area contributed by atoms with E-state index in [0.29, 0.717) is 39.5 Å². The van der Waals surface area contributed by atoms with Crippen molar-refractivity contribution in [1.82, 2.24) is 0 Å². The zero-order valence-electron chi connectivity index (χ0n) is 22.3. The van der Waals surface area contributed by atoms with E-state index in [0.717, 1.165) is 45.7 Å². The zero-order chi connectivity index (χ0) is 24.1. The zero-order valence-corrected chi connectivity index (χ0v) is 24.3. The maximum atomic E-state index is 10.2. The van der Waals surface area contributed by atoms with Crippen molar-refractivity contribution in [2.75, 3.05) is 66.1 Å². The van der Waals surface area contributed by atoms with E-state index in [4.69, 9.17) is 23.7 Å². The molecule has 34 heavy (non-hydrogen) atoms. The monoisotopic (exact) mass is 498 g/mol. The van der Waals surface area contributed by atoms with Crippen LogP contribution in [-0.4, -0.2) is 72.0 Å². The van der Waals surface area contributed by atoms with Gasteiger partial charge < -0.3 is 33.6 Å². The van der Waals surface area contributed by atoms with Gasteiger partial charge in [-0.05, 0) is 32.1 Å². The van der Waals surface area contributed by atoms with Crippen molar-refractivity contribution < 1.29 is 63.1 Å². The van der Waals surface area contributed by atoms with E-state index in [9.17, 15) is 9.90 Å². The van der Waals surface area contributed by atoms with Crippen LogP contribution < -0.4 is 34.7 Å². The molecule has 0 heterocycles. The number of hydrogen-bond donors (Lipinski definition) is 0. The third-order valence-corrected chi connectivity index (χ3v) is 5.17. The Morgan fingerprint density at radius 2 is 0.765 bits per heavy atom. The Morgan fingerprint density at radius 3 is 1.12 bits per heavy atom. The summed E-state index contributed by atoms with van der Waals surface area (Å²) >= 11 is 0. The molecule has 0 aliphatic carbocycles. The maximum absolute atomic E-state index is 10.2. The van der Waals surface area contributed by atoms with E-state index in [1.807, 2.05) is 0 Å². The van der Waals surface area contributed by atoms with Gasteiger partial charge in [-0.25, -0.2) is 0 Å². The van der Waals surface area contributed by atoms with E-state index in [-0.39, 0.29) is 36.2 Å². The van der Waals surface area contributed by atoms with E-state index in [1.54, 1.807) is 0 Å². The summed E-state index contributed by atoms with van der Waals surface area (Å²) in [5.41, 5.74) is 0. The molecule has 0 spiro atoms. The topological polar surface area (TPSA) is 86.3 Å². The van der Waals surface area contributed by atoms with Gasteiger partial charge in [-0.15, -0.1) is 0 Å². The molecular formula is C26H51NaO7. The summed E-state index contributed by atoms with van der Waals surface area (Å²) in [6, 6.07) is 0. The average Bonchev–Trinajstić information content (AvgIpc) is 2.80. The van der Waals surface area contributed by atoms with Crippen LogP contribution in [0.5, 0.6) is 0 Å². The summed E-state index contributed by atoms with van der Waals surface area (Å²) in [7, 11) is 0. The molecule has 8 heteroatoms. The van der Waals surface area contributed by atoms with E-state index >= 15 is 0 Å². The SMILES string of the molecule is CCCCCCCCCCCCOCCCOCCCOCCCOCCCOCC(=O)[O-].[Na+]. The fourth-order valence-corrected chi connectivity index (χ4v) is 3.31. The van der Waals surface area contributed by atoms with Crippen molar-refractivity contribution in [3.63, 3.8) is 0 Å². The third-order valence-electron chi connectivity index (χ3n) is 5.17.